The molecule has 0 rings (SSSR count). The summed E-state index contributed by atoms with van der Waals surface area (Å²) in [6, 6.07) is 2.61. The van der Waals surface area contributed by atoms with Crippen molar-refractivity contribution in [2.75, 3.05) is 0 Å². The number of rotatable bonds is 8. The summed E-state index contributed by atoms with van der Waals surface area (Å²) in [4.78, 5) is 0. The maximum Gasteiger partial charge on any atom is 0.187 e. The van der Waals surface area contributed by atoms with Crippen molar-refractivity contribution >= 4 is 26.2 Å². The lowest BCUT2D eigenvalue weighted by atomic mass is 10.6. The molecule has 98 valence electrons. The van der Waals surface area contributed by atoms with Crippen LogP contribution in [0, 0.1) is 0 Å². The van der Waals surface area contributed by atoms with E-state index in [0.29, 0.717) is 0 Å². The first-order valence-electron chi connectivity index (χ1n) is 6.50. The molecule has 0 fully saturated rings. The first-order chi connectivity index (χ1) is 7.14. The Labute approximate surface area is 106 Å². The summed E-state index contributed by atoms with van der Waals surface area (Å²) in [5.41, 5.74) is 0. The van der Waals surface area contributed by atoms with Crippen LogP contribution in [0.4, 0.5) is 0 Å². The minimum absolute atomic E-state index is 0.0204. The van der Waals surface area contributed by atoms with Gasteiger partial charge in [0, 0.05) is 9.52 Å². The summed E-state index contributed by atoms with van der Waals surface area (Å²) < 4.78 is 12.3. The van der Waals surface area contributed by atoms with Crippen molar-refractivity contribution in [2.24, 2.45) is 0 Å². The van der Waals surface area contributed by atoms with E-state index >= 15 is 0 Å². The standard InChI is InChI=1S/C11H30O2Si3/c1-8-9-14-10-11(12-15(2,3)4)13-16(5,6)7/h11H,8-10,14H2,1-7H3. The van der Waals surface area contributed by atoms with Gasteiger partial charge in [0.2, 0.25) is 0 Å². The number of hydrogen-bond acceptors (Lipinski definition) is 2. The van der Waals surface area contributed by atoms with E-state index in [1.54, 1.807) is 0 Å². The van der Waals surface area contributed by atoms with Gasteiger partial charge in [0.25, 0.3) is 0 Å². The second kappa shape index (κ2) is 7.10. The second-order valence-corrected chi connectivity index (χ2v) is 17.3. The molecule has 16 heavy (non-hydrogen) atoms. The molecule has 0 aliphatic heterocycles. The fraction of sp³-hybridized carbons (Fsp3) is 1.00. The van der Waals surface area contributed by atoms with Crippen molar-refractivity contribution in [3.8, 4) is 0 Å². The van der Waals surface area contributed by atoms with Crippen molar-refractivity contribution in [1.29, 1.82) is 0 Å². The van der Waals surface area contributed by atoms with Gasteiger partial charge in [0.05, 0.1) is 0 Å². The van der Waals surface area contributed by atoms with E-state index in [0.717, 1.165) is 0 Å². The Morgan fingerprint density at radius 1 is 0.938 bits per heavy atom. The molecule has 0 aromatic carbocycles. The summed E-state index contributed by atoms with van der Waals surface area (Å²) in [6.45, 7) is 15.7. The molecule has 0 amide bonds. The lowest BCUT2D eigenvalue weighted by molar-refractivity contribution is 0.00930. The van der Waals surface area contributed by atoms with E-state index in [2.05, 4.69) is 46.2 Å². The zero-order valence-electron chi connectivity index (χ0n) is 12.2. The molecule has 0 aliphatic carbocycles. The van der Waals surface area contributed by atoms with Gasteiger partial charge in [-0.15, -0.1) is 0 Å². The van der Waals surface area contributed by atoms with Crippen LogP contribution >= 0.6 is 0 Å². The van der Waals surface area contributed by atoms with Gasteiger partial charge in [-0.2, -0.15) is 0 Å². The van der Waals surface area contributed by atoms with Crippen LogP contribution in [0.1, 0.15) is 13.3 Å². The van der Waals surface area contributed by atoms with E-state index in [4.69, 9.17) is 8.85 Å². The van der Waals surface area contributed by atoms with Gasteiger partial charge in [-0.1, -0.05) is 19.4 Å². The fourth-order valence-electron chi connectivity index (χ4n) is 1.49. The highest BCUT2D eigenvalue weighted by Gasteiger charge is 2.26. The van der Waals surface area contributed by atoms with Gasteiger partial charge in [-0.25, -0.2) is 0 Å². The lowest BCUT2D eigenvalue weighted by Gasteiger charge is -2.31. The average Bonchev–Trinajstić information content (AvgIpc) is 1.97. The SMILES string of the molecule is CCC[SiH2]CC(O[Si](C)(C)C)O[Si](C)(C)C. The van der Waals surface area contributed by atoms with Gasteiger partial charge >= 0.3 is 0 Å². The van der Waals surface area contributed by atoms with Crippen LogP contribution in [0.2, 0.25) is 51.4 Å². The van der Waals surface area contributed by atoms with Crippen molar-refractivity contribution in [2.45, 2.75) is 71.0 Å². The first kappa shape index (κ1) is 16.6. The third-order valence-corrected chi connectivity index (χ3v) is 6.04. The second-order valence-electron chi connectivity index (χ2n) is 6.39. The number of hydrogen-bond donors (Lipinski definition) is 0. The normalized spacial score (nSPS) is 14.2. The zero-order chi connectivity index (χ0) is 12.8. The molecule has 0 atom stereocenters. The van der Waals surface area contributed by atoms with Crippen LogP contribution in [0.3, 0.4) is 0 Å². The molecule has 0 spiro atoms. The molecular formula is C11H30O2Si3. The minimum atomic E-state index is -1.46. The molecule has 0 saturated heterocycles. The van der Waals surface area contributed by atoms with E-state index in [9.17, 15) is 0 Å². The maximum absolute atomic E-state index is 6.15. The maximum atomic E-state index is 6.15. The molecule has 2 nitrogen and oxygen atoms in total. The van der Waals surface area contributed by atoms with Gasteiger partial charge in [-0.05, 0) is 45.3 Å². The first-order valence-corrected chi connectivity index (χ1v) is 15.3. The Balaban J connectivity index is 4.17. The van der Waals surface area contributed by atoms with E-state index in [1.807, 2.05) is 0 Å². The topological polar surface area (TPSA) is 18.5 Å². The van der Waals surface area contributed by atoms with Gasteiger partial charge < -0.3 is 8.85 Å². The van der Waals surface area contributed by atoms with Crippen LogP contribution in [-0.2, 0) is 8.85 Å². The Bertz CT molecular complexity index is 169. The average molecular weight is 279 g/mol. The highest BCUT2D eigenvalue weighted by molar-refractivity contribution is 6.70. The van der Waals surface area contributed by atoms with Crippen LogP contribution in [0.5, 0.6) is 0 Å². The summed E-state index contributed by atoms with van der Waals surface area (Å²) >= 11 is 0. The van der Waals surface area contributed by atoms with E-state index < -0.39 is 16.6 Å². The van der Waals surface area contributed by atoms with Gasteiger partial charge in [0.1, 0.15) is 6.29 Å². The van der Waals surface area contributed by atoms with Crippen LogP contribution in [-0.4, -0.2) is 32.4 Å². The molecule has 0 radical (unpaired) electrons. The summed E-state index contributed by atoms with van der Waals surface area (Å²) in [6.07, 6.45) is 1.43. The lowest BCUT2D eigenvalue weighted by Crippen LogP contribution is -2.40. The predicted octanol–water partition coefficient (Wildman–Crippen LogP) is 3.43. The van der Waals surface area contributed by atoms with Gasteiger partial charge in [0.15, 0.2) is 16.6 Å². The monoisotopic (exact) mass is 278 g/mol. The Hall–Kier alpha value is 0.571. The van der Waals surface area contributed by atoms with Crippen molar-refractivity contribution < 1.29 is 8.85 Å². The third kappa shape index (κ3) is 11.1. The molecule has 0 aromatic heterocycles. The molecule has 0 unspecified atom stereocenters. The van der Waals surface area contributed by atoms with Gasteiger partial charge in [-0.3, -0.25) is 0 Å². The van der Waals surface area contributed by atoms with E-state index in [1.165, 1.54) is 18.5 Å². The highest BCUT2D eigenvalue weighted by atomic mass is 28.4. The molecular weight excluding hydrogens is 248 g/mol. The third-order valence-electron chi connectivity index (χ3n) is 2.01. The molecule has 0 aromatic rings. The smallest absolute Gasteiger partial charge is 0.187 e. The van der Waals surface area contributed by atoms with E-state index in [-0.39, 0.29) is 15.8 Å². The van der Waals surface area contributed by atoms with Crippen molar-refractivity contribution in [3.05, 3.63) is 0 Å². The fourth-order valence-corrected chi connectivity index (χ4v) is 5.33. The summed E-state index contributed by atoms with van der Waals surface area (Å²) in [5.74, 6) is 0. The Kier molecular flexibility index (Phi) is 7.36. The van der Waals surface area contributed by atoms with Crippen LogP contribution < -0.4 is 0 Å². The molecule has 0 aliphatic rings. The minimum Gasteiger partial charge on any atom is -0.394 e. The highest BCUT2D eigenvalue weighted by Crippen LogP contribution is 2.17. The summed E-state index contributed by atoms with van der Waals surface area (Å²) in [5, 5.41) is 0. The van der Waals surface area contributed by atoms with Crippen LogP contribution in [0.25, 0.3) is 0 Å². The molecule has 0 bridgehead atoms. The van der Waals surface area contributed by atoms with Crippen molar-refractivity contribution in [3.63, 3.8) is 0 Å². The van der Waals surface area contributed by atoms with Crippen LogP contribution in [0.15, 0.2) is 0 Å². The molecule has 5 heteroatoms. The Morgan fingerprint density at radius 2 is 1.38 bits per heavy atom. The Morgan fingerprint density at radius 3 is 1.69 bits per heavy atom. The molecule has 0 saturated carbocycles. The van der Waals surface area contributed by atoms with Crippen molar-refractivity contribution in [1.82, 2.24) is 0 Å². The molecule has 0 N–H and O–H groups in total. The molecule has 0 heterocycles. The zero-order valence-corrected chi connectivity index (χ0v) is 15.6. The quantitative estimate of drug-likeness (QED) is 0.385. The predicted molar refractivity (Wildman–Crippen MR) is 81.1 cm³/mol. The summed E-state index contributed by atoms with van der Waals surface area (Å²) in [7, 11) is -2.90. The largest absolute Gasteiger partial charge is 0.394 e.